The zero-order valence-corrected chi connectivity index (χ0v) is 8.16. The second-order valence-electron chi connectivity index (χ2n) is 3.36. The van der Waals surface area contributed by atoms with E-state index in [9.17, 15) is 4.79 Å². The van der Waals surface area contributed by atoms with Crippen LogP contribution in [0.25, 0.3) is 0 Å². The van der Waals surface area contributed by atoms with Crippen molar-refractivity contribution in [2.45, 2.75) is 32.9 Å². The van der Waals surface area contributed by atoms with Crippen LogP contribution in [-0.4, -0.2) is 10.6 Å². The van der Waals surface area contributed by atoms with Gasteiger partial charge in [-0.15, -0.1) is 0 Å². The number of hydrogen-bond donors (Lipinski definition) is 1. The lowest BCUT2D eigenvalue weighted by Gasteiger charge is -2.10. The van der Waals surface area contributed by atoms with E-state index in [-0.39, 0.29) is 11.6 Å². The van der Waals surface area contributed by atoms with Gasteiger partial charge >= 0.3 is 0 Å². The lowest BCUT2D eigenvalue weighted by Crippen LogP contribution is -2.30. The van der Waals surface area contributed by atoms with Gasteiger partial charge in [0.2, 0.25) is 0 Å². The molecule has 13 heavy (non-hydrogen) atoms. The van der Waals surface area contributed by atoms with E-state index >= 15 is 0 Å². The summed E-state index contributed by atoms with van der Waals surface area (Å²) in [4.78, 5) is 11.4. The number of pyridine rings is 1. The molecule has 0 aliphatic rings. The van der Waals surface area contributed by atoms with Crippen molar-refractivity contribution in [3.8, 4) is 0 Å². The smallest absolute Gasteiger partial charge is 0.250 e. The van der Waals surface area contributed by atoms with Crippen LogP contribution in [0.15, 0.2) is 23.1 Å². The van der Waals surface area contributed by atoms with Crippen molar-refractivity contribution in [2.24, 2.45) is 5.73 Å². The quantitative estimate of drug-likeness (QED) is 0.751. The van der Waals surface area contributed by atoms with Gasteiger partial charge in [0.05, 0.1) is 0 Å². The minimum atomic E-state index is 0.0314. The third-order valence-corrected chi connectivity index (χ3v) is 2.11. The summed E-state index contributed by atoms with van der Waals surface area (Å²) in [6.07, 6.45) is 2.69. The monoisotopic (exact) mass is 180 g/mol. The first-order valence-electron chi connectivity index (χ1n) is 4.56. The highest BCUT2D eigenvalue weighted by Gasteiger charge is 2.01. The lowest BCUT2D eigenvalue weighted by atomic mass is 10.2. The molecular formula is C10H16N2O. The molecule has 1 rings (SSSR count). The van der Waals surface area contributed by atoms with E-state index in [0.29, 0.717) is 6.54 Å². The maximum atomic E-state index is 11.4. The Kier molecular flexibility index (Phi) is 3.25. The first kappa shape index (κ1) is 9.99. The summed E-state index contributed by atoms with van der Waals surface area (Å²) in [5, 5.41) is 0. The van der Waals surface area contributed by atoms with Crippen molar-refractivity contribution in [2.75, 3.05) is 0 Å². The van der Waals surface area contributed by atoms with Crippen LogP contribution in [0.5, 0.6) is 0 Å². The summed E-state index contributed by atoms with van der Waals surface area (Å²) in [6.45, 7) is 4.53. The Hall–Kier alpha value is -1.09. The number of nitrogens with two attached hydrogens (primary N) is 1. The van der Waals surface area contributed by atoms with E-state index in [1.807, 2.05) is 19.9 Å². The normalized spacial score (nSPS) is 12.8. The molecule has 0 saturated carbocycles. The van der Waals surface area contributed by atoms with Crippen LogP contribution < -0.4 is 11.3 Å². The molecule has 2 N–H and O–H groups in total. The van der Waals surface area contributed by atoms with Gasteiger partial charge in [0.25, 0.3) is 5.56 Å². The molecule has 1 aromatic rings. The van der Waals surface area contributed by atoms with Gasteiger partial charge in [0.15, 0.2) is 0 Å². The molecule has 1 aromatic heterocycles. The zero-order chi connectivity index (χ0) is 9.84. The van der Waals surface area contributed by atoms with Crippen LogP contribution in [0.1, 0.15) is 18.9 Å². The molecule has 1 heterocycles. The Bertz CT molecular complexity index is 330. The van der Waals surface area contributed by atoms with E-state index < -0.39 is 0 Å². The van der Waals surface area contributed by atoms with Crippen molar-refractivity contribution in [1.82, 2.24) is 4.57 Å². The van der Waals surface area contributed by atoms with Gasteiger partial charge in [-0.2, -0.15) is 0 Å². The molecule has 0 aliphatic carbocycles. The van der Waals surface area contributed by atoms with Gasteiger partial charge < -0.3 is 10.3 Å². The van der Waals surface area contributed by atoms with E-state index in [2.05, 4.69) is 0 Å². The third kappa shape index (κ3) is 2.70. The van der Waals surface area contributed by atoms with Crippen LogP contribution in [0.3, 0.4) is 0 Å². The predicted molar refractivity (Wildman–Crippen MR) is 53.7 cm³/mol. The summed E-state index contributed by atoms with van der Waals surface area (Å²) < 4.78 is 1.65. The minimum Gasteiger partial charge on any atom is -0.326 e. The average Bonchev–Trinajstić information content (AvgIpc) is 2.09. The number of hydrogen-bond acceptors (Lipinski definition) is 2. The van der Waals surface area contributed by atoms with Crippen LogP contribution in [0.2, 0.25) is 0 Å². The standard InChI is InChI=1S/C10H16N2O/c1-3-9(11)7-12-5-4-8(2)6-10(12)13/h4-6,9H,3,7,11H2,1-2H3. The number of aryl methyl sites for hydroxylation is 1. The van der Waals surface area contributed by atoms with Crippen molar-refractivity contribution in [1.29, 1.82) is 0 Å². The Morgan fingerprint density at radius 3 is 2.85 bits per heavy atom. The third-order valence-electron chi connectivity index (χ3n) is 2.11. The fraction of sp³-hybridized carbons (Fsp3) is 0.500. The molecule has 0 saturated heterocycles. The molecule has 72 valence electrons. The van der Waals surface area contributed by atoms with Gasteiger partial charge in [0, 0.05) is 24.8 Å². The number of nitrogens with zero attached hydrogens (tertiary/aromatic N) is 1. The number of aromatic nitrogens is 1. The van der Waals surface area contributed by atoms with Crippen molar-refractivity contribution in [3.63, 3.8) is 0 Å². The molecule has 0 amide bonds. The maximum Gasteiger partial charge on any atom is 0.250 e. The predicted octanol–water partition coefficient (Wildman–Crippen LogP) is 0.894. The zero-order valence-electron chi connectivity index (χ0n) is 8.16. The summed E-state index contributed by atoms with van der Waals surface area (Å²) >= 11 is 0. The van der Waals surface area contributed by atoms with Gasteiger partial charge in [-0.1, -0.05) is 6.92 Å². The topological polar surface area (TPSA) is 48.0 Å². The Morgan fingerprint density at radius 2 is 2.31 bits per heavy atom. The summed E-state index contributed by atoms with van der Waals surface area (Å²) in [7, 11) is 0. The van der Waals surface area contributed by atoms with Crippen LogP contribution >= 0.6 is 0 Å². The first-order chi connectivity index (χ1) is 6.13. The van der Waals surface area contributed by atoms with Gasteiger partial charge in [-0.25, -0.2) is 0 Å². The molecule has 0 fully saturated rings. The molecule has 1 atom stereocenters. The molecular weight excluding hydrogens is 164 g/mol. The van der Waals surface area contributed by atoms with Gasteiger partial charge in [0.1, 0.15) is 0 Å². The van der Waals surface area contributed by atoms with Crippen LogP contribution in [-0.2, 0) is 6.54 Å². The highest BCUT2D eigenvalue weighted by molar-refractivity contribution is 5.08. The van der Waals surface area contributed by atoms with Crippen LogP contribution in [0, 0.1) is 6.92 Å². The summed E-state index contributed by atoms with van der Waals surface area (Å²) in [5.74, 6) is 0. The fourth-order valence-electron chi connectivity index (χ4n) is 1.14. The largest absolute Gasteiger partial charge is 0.326 e. The molecule has 0 radical (unpaired) electrons. The molecule has 0 spiro atoms. The molecule has 0 aliphatic heterocycles. The van der Waals surface area contributed by atoms with Crippen molar-refractivity contribution >= 4 is 0 Å². The highest BCUT2D eigenvalue weighted by Crippen LogP contribution is 1.94. The summed E-state index contributed by atoms with van der Waals surface area (Å²) in [6, 6.07) is 3.62. The Morgan fingerprint density at radius 1 is 1.62 bits per heavy atom. The molecule has 0 aromatic carbocycles. The Labute approximate surface area is 78.2 Å². The highest BCUT2D eigenvalue weighted by atomic mass is 16.1. The van der Waals surface area contributed by atoms with Crippen molar-refractivity contribution in [3.05, 3.63) is 34.2 Å². The lowest BCUT2D eigenvalue weighted by molar-refractivity contribution is 0.527. The Balaban J connectivity index is 2.84. The second-order valence-corrected chi connectivity index (χ2v) is 3.36. The van der Waals surface area contributed by atoms with Gasteiger partial charge in [-0.05, 0) is 25.0 Å². The second kappa shape index (κ2) is 4.23. The molecule has 1 unspecified atom stereocenters. The number of rotatable bonds is 3. The van der Waals surface area contributed by atoms with Gasteiger partial charge in [-0.3, -0.25) is 4.79 Å². The molecule has 0 bridgehead atoms. The van der Waals surface area contributed by atoms with Crippen molar-refractivity contribution < 1.29 is 0 Å². The van der Waals surface area contributed by atoms with E-state index in [1.54, 1.807) is 16.8 Å². The average molecular weight is 180 g/mol. The maximum absolute atomic E-state index is 11.4. The van der Waals surface area contributed by atoms with E-state index in [4.69, 9.17) is 5.73 Å². The molecule has 3 heteroatoms. The first-order valence-corrected chi connectivity index (χ1v) is 4.56. The SMILES string of the molecule is CCC(N)Cn1ccc(C)cc1=O. The fourth-order valence-corrected chi connectivity index (χ4v) is 1.14. The van der Waals surface area contributed by atoms with Crippen LogP contribution in [0.4, 0.5) is 0 Å². The van der Waals surface area contributed by atoms with E-state index in [0.717, 1.165) is 12.0 Å². The minimum absolute atomic E-state index is 0.0314. The van der Waals surface area contributed by atoms with E-state index in [1.165, 1.54) is 0 Å². The molecule has 3 nitrogen and oxygen atoms in total. The summed E-state index contributed by atoms with van der Waals surface area (Å²) in [5.41, 5.74) is 6.78.